The Morgan fingerprint density at radius 3 is 3.00 bits per heavy atom. The summed E-state index contributed by atoms with van der Waals surface area (Å²) in [5, 5.41) is 23.2. The SMILES string of the molecule is C=CCn1nc(C(=O)O)c2c1CCC(NCc1nn(C)c3ccc(C)cc13)C2. The molecule has 4 rings (SSSR count). The van der Waals surface area contributed by atoms with E-state index in [-0.39, 0.29) is 11.7 Å². The molecule has 2 aromatic heterocycles. The van der Waals surface area contributed by atoms with Crippen LogP contribution in [0.1, 0.15) is 39.4 Å². The third-order valence-corrected chi connectivity index (χ3v) is 5.49. The fourth-order valence-corrected chi connectivity index (χ4v) is 4.13. The molecule has 0 amide bonds. The van der Waals surface area contributed by atoms with Gasteiger partial charge in [-0.05, 0) is 38.3 Å². The van der Waals surface area contributed by atoms with Crippen molar-refractivity contribution in [2.75, 3.05) is 0 Å². The van der Waals surface area contributed by atoms with Crippen molar-refractivity contribution < 1.29 is 9.90 Å². The Bertz CT molecular complexity index is 1060. The average molecular weight is 379 g/mol. The Morgan fingerprint density at radius 1 is 1.43 bits per heavy atom. The normalized spacial score (nSPS) is 16.3. The molecule has 7 heteroatoms. The van der Waals surface area contributed by atoms with Crippen molar-refractivity contribution in [2.24, 2.45) is 7.05 Å². The van der Waals surface area contributed by atoms with E-state index in [9.17, 15) is 9.90 Å². The zero-order chi connectivity index (χ0) is 19.8. The summed E-state index contributed by atoms with van der Waals surface area (Å²) in [5.41, 5.74) is 5.39. The number of benzene rings is 1. The number of aryl methyl sites for hydroxylation is 2. The van der Waals surface area contributed by atoms with Crippen LogP contribution in [0.25, 0.3) is 10.9 Å². The van der Waals surface area contributed by atoms with E-state index < -0.39 is 5.97 Å². The standard InChI is InChI=1S/C21H25N5O2/c1-4-9-26-19-8-6-14(11-16(19)20(24-26)21(27)28)22-12-17-15-10-13(2)5-7-18(15)25(3)23-17/h4-5,7,10,14,22H,1,6,8-9,11-12H2,2-3H3,(H,27,28). The van der Waals surface area contributed by atoms with E-state index in [0.29, 0.717) is 19.5 Å². The van der Waals surface area contributed by atoms with Gasteiger partial charge in [0.2, 0.25) is 0 Å². The van der Waals surface area contributed by atoms with Gasteiger partial charge in [0.05, 0.1) is 17.8 Å². The lowest BCUT2D eigenvalue weighted by atomic mass is 9.91. The first-order valence-electron chi connectivity index (χ1n) is 9.56. The Balaban J connectivity index is 1.54. The predicted octanol–water partition coefficient (Wildman–Crippen LogP) is 2.61. The zero-order valence-corrected chi connectivity index (χ0v) is 16.3. The van der Waals surface area contributed by atoms with E-state index in [1.54, 1.807) is 10.8 Å². The van der Waals surface area contributed by atoms with Crippen LogP contribution in [0.2, 0.25) is 0 Å². The number of aromatic nitrogens is 4. The first-order valence-corrected chi connectivity index (χ1v) is 9.56. The number of nitrogens with zero attached hydrogens (tertiary/aromatic N) is 4. The van der Waals surface area contributed by atoms with Crippen LogP contribution in [0, 0.1) is 6.92 Å². The maximum Gasteiger partial charge on any atom is 0.356 e. The van der Waals surface area contributed by atoms with Gasteiger partial charge in [0, 0.05) is 36.3 Å². The molecule has 1 unspecified atom stereocenters. The molecule has 1 aliphatic carbocycles. The van der Waals surface area contributed by atoms with Crippen molar-refractivity contribution in [2.45, 2.75) is 45.3 Å². The molecule has 7 nitrogen and oxygen atoms in total. The molecule has 3 aromatic rings. The molecule has 2 N–H and O–H groups in total. The second kappa shape index (κ2) is 7.24. The Hall–Kier alpha value is -2.93. The second-order valence-electron chi connectivity index (χ2n) is 7.46. The molecule has 0 spiro atoms. The highest BCUT2D eigenvalue weighted by Crippen LogP contribution is 2.26. The van der Waals surface area contributed by atoms with Gasteiger partial charge in [0.15, 0.2) is 5.69 Å². The average Bonchev–Trinajstić information content (AvgIpc) is 3.18. The van der Waals surface area contributed by atoms with Gasteiger partial charge in [-0.25, -0.2) is 4.79 Å². The Kier molecular flexibility index (Phi) is 4.77. The van der Waals surface area contributed by atoms with E-state index in [4.69, 9.17) is 0 Å². The molecule has 146 valence electrons. The number of rotatable bonds is 6. The molecule has 0 bridgehead atoms. The Labute approximate surface area is 163 Å². The highest BCUT2D eigenvalue weighted by Gasteiger charge is 2.28. The summed E-state index contributed by atoms with van der Waals surface area (Å²) in [6.07, 6.45) is 4.16. The van der Waals surface area contributed by atoms with Crippen LogP contribution in [0.4, 0.5) is 0 Å². The third kappa shape index (κ3) is 3.22. The molecular formula is C21H25N5O2. The van der Waals surface area contributed by atoms with Crippen molar-refractivity contribution in [1.82, 2.24) is 24.9 Å². The molecular weight excluding hydrogens is 354 g/mol. The lowest BCUT2D eigenvalue weighted by molar-refractivity contribution is 0.0688. The van der Waals surface area contributed by atoms with Crippen LogP contribution in [0.15, 0.2) is 30.9 Å². The third-order valence-electron chi connectivity index (χ3n) is 5.49. The van der Waals surface area contributed by atoms with Gasteiger partial charge < -0.3 is 10.4 Å². The number of carboxylic acid groups (broad SMARTS) is 1. The van der Waals surface area contributed by atoms with Gasteiger partial charge in [0.25, 0.3) is 0 Å². The van der Waals surface area contributed by atoms with Crippen molar-refractivity contribution in [3.8, 4) is 0 Å². The van der Waals surface area contributed by atoms with Gasteiger partial charge in [-0.3, -0.25) is 9.36 Å². The van der Waals surface area contributed by atoms with E-state index in [2.05, 4.69) is 47.2 Å². The molecule has 0 radical (unpaired) electrons. The lowest BCUT2D eigenvalue weighted by Gasteiger charge is -2.24. The van der Waals surface area contributed by atoms with Gasteiger partial charge in [-0.1, -0.05) is 17.7 Å². The fraction of sp³-hybridized carbons (Fsp3) is 0.381. The van der Waals surface area contributed by atoms with Crippen molar-refractivity contribution >= 4 is 16.9 Å². The fourth-order valence-electron chi connectivity index (χ4n) is 4.13. The Morgan fingerprint density at radius 2 is 2.25 bits per heavy atom. The molecule has 0 aliphatic heterocycles. The summed E-state index contributed by atoms with van der Waals surface area (Å²) in [7, 11) is 1.96. The van der Waals surface area contributed by atoms with E-state index in [0.717, 1.165) is 40.7 Å². The van der Waals surface area contributed by atoms with Gasteiger partial charge in [0.1, 0.15) is 0 Å². The highest BCUT2D eigenvalue weighted by atomic mass is 16.4. The highest BCUT2D eigenvalue weighted by molar-refractivity contribution is 5.87. The van der Waals surface area contributed by atoms with Crippen LogP contribution in [-0.4, -0.2) is 36.7 Å². The summed E-state index contributed by atoms with van der Waals surface area (Å²) < 4.78 is 3.68. The number of allylic oxidation sites excluding steroid dienone is 1. The van der Waals surface area contributed by atoms with E-state index in [1.807, 2.05) is 11.7 Å². The number of hydrogen-bond acceptors (Lipinski definition) is 4. The second-order valence-corrected chi connectivity index (χ2v) is 7.46. The van der Waals surface area contributed by atoms with E-state index >= 15 is 0 Å². The molecule has 1 atom stereocenters. The van der Waals surface area contributed by atoms with Crippen LogP contribution in [0.5, 0.6) is 0 Å². The minimum atomic E-state index is -0.967. The number of fused-ring (bicyclic) bond motifs is 2. The van der Waals surface area contributed by atoms with Crippen LogP contribution in [-0.2, 0) is 33.0 Å². The van der Waals surface area contributed by atoms with Crippen LogP contribution in [0.3, 0.4) is 0 Å². The summed E-state index contributed by atoms with van der Waals surface area (Å²) in [5.74, 6) is -0.967. The molecule has 0 saturated heterocycles. The van der Waals surface area contributed by atoms with Gasteiger partial charge in [-0.15, -0.1) is 6.58 Å². The predicted molar refractivity (Wildman–Crippen MR) is 107 cm³/mol. The van der Waals surface area contributed by atoms with Crippen molar-refractivity contribution in [3.63, 3.8) is 0 Å². The maximum atomic E-state index is 11.6. The van der Waals surface area contributed by atoms with Crippen molar-refractivity contribution in [3.05, 3.63) is 59.1 Å². The van der Waals surface area contributed by atoms with Crippen molar-refractivity contribution in [1.29, 1.82) is 0 Å². The van der Waals surface area contributed by atoms with Crippen LogP contribution < -0.4 is 5.32 Å². The number of nitrogens with one attached hydrogen (secondary N) is 1. The smallest absolute Gasteiger partial charge is 0.356 e. The number of aromatic carboxylic acids is 1. The summed E-state index contributed by atoms with van der Waals surface area (Å²) in [6.45, 7) is 7.02. The first-order chi connectivity index (χ1) is 13.5. The van der Waals surface area contributed by atoms with Gasteiger partial charge in [-0.2, -0.15) is 10.2 Å². The quantitative estimate of drug-likeness (QED) is 0.643. The van der Waals surface area contributed by atoms with Crippen LogP contribution >= 0.6 is 0 Å². The maximum absolute atomic E-state index is 11.6. The number of carboxylic acids is 1. The molecule has 28 heavy (non-hydrogen) atoms. The van der Waals surface area contributed by atoms with Gasteiger partial charge >= 0.3 is 5.97 Å². The van der Waals surface area contributed by atoms with E-state index in [1.165, 1.54) is 5.56 Å². The zero-order valence-electron chi connectivity index (χ0n) is 16.3. The summed E-state index contributed by atoms with van der Waals surface area (Å²) >= 11 is 0. The molecule has 0 fully saturated rings. The molecule has 1 aromatic carbocycles. The molecule has 0 saturated carbocycles. The summed E-state index contributed by atoms with van der Waals surface area (Å²) in [6, 6.07) is 6.56. The number of hydrogen-bond donors (Lipinski definition) is 2. The lowest BCUT2D eigenvalue weighted by Crippen LogP contribution is -2.35. The topological polar surface area (TPSA) is 85.0 Å². The molecule has 1 aliphatic rings. The minimum absolute atomic E-state index is 0.169. The number of carbonyl (C=O) groups is 1. The minimum Gasteiger partial charge on any atom is -0.476 e. The molecule has 2 heterocycles. The largest absolute Gasteiger partial charge is 0.476 e. The monoisotopic (exact) mass is 379 g/mol. The first kappa shape index (κ1) is 18.4. The summed E-state index contributed by atoms with van der Waals surface area (Å²) in [4.78, 5) is 11.6.